The second-order valence-corrected chi connectivity index (χ2v) is 8.55. The van der Waals surface area contributed by atoms with Crippen molar-refractivity contribution in [2.75, 3.05) is 10.6 Å². The number of aryl methyl sites for hydroxylation is 1. The highest BCUT2D eigenvalue weighted by Gasteiger charge is 2.38. The number of anilines is 2. The minimum Gasteiger partial charge on any atom is -0.475 e. The summed E-state index contributed by atoms with van der Waals surface area (Å²) in [6.45, 7) is 0. The minimum atomic E-state index is -5.08. The summed E-state index contributed by atoms with van der Waals surface area (Å²) in [6, 6.07) is 2.22. The van der Waals surface area contributed by atoms with Gasteiger partial charge in [0.1, 0.15) is 22.2 Å². The van der Waals surface area contributed by atoms with Crippen molar-refractivity contribution in [2.24, 2.45) is 12.8 Å². The Kier molecular flexibility index (Phi) is 7.87. The van der Waals surface area contributed by atoms with Crippen molar-refractivity contribution in [2.45, 2.75) is 43.9 Å². The molecule has 0 unspecified atom stereocenters. The Morgan fingerprint density at radius 3 is 2.66 bits per heavy atom. The SMILES string of the molecule is Cn1cc(NC(=O)c2csc3ncc(N[C@@H]4CCCC[C@@H]4N)nc23)c(C#N)n1.O=C(O)C(F)(F)F. The molecule has 0 saturated heterocycles. The number of halogens is 3. The summed E-state index contributed by atoms with van der Waals surface area (Å²) in [4.78, 5) is 31.4. The van der Waals surface area contributed by atoms with E-state index in [1.165, 1.54) is 16.0 Å². The molecule has 11 nitrogen and oxygen atoms in total. The first-order chi connectivity index (χ1) is 16.5. The van der Waals surface area contributed by atoms with E-state index >= 15 is 0 Å². The molecule has 3 heterocycles. The number of hydrogen-bond donors (Lipinski definition) is 4. The van der Waals surface area contributed by atoms with Gasteiger partial charge in [0.25, 0.3) is 5.91 Å². The lowest BCUT2D eigenvalue weighted by Gasteiger charge is -2.29. The van der Waals surface area contributed by atoms with E-state index in [-0.39, 0.29) is 23.7 Å². The van der Waals surface area contributed by atoms with Crippen LogP contribution in [0, 0.1) is 11.3 Å². The van der Waals surface area contributed by atoms with Gasteiger partial charge < -0.3 is 21.5 Å². The zero-order valence-electron chi connectivity index (χ0n) is 18.3. The van der Waals surface area contributed by atoms with Crippen LogP contribution in [0.5, 0.6) is 0 Å². The van der Waals surface area contributed by atoms with Gasteiger partial charge in [-0.15, -0.1) is 11.3 Å². The normalized spacial score (nSPS) is 17.7. The van der Waals surface area contributed by atoms with Gasteiger partial charge in [-0.25, -0.2) is 14.8 Å². The average Bonchev–Trinajstić information content (AvgIpc) is 3.37. The van der Waals surface area contributed by atoms with E-state index in [9.17, 15) is 18.0 Å². The van der Waals surface area contributed by atoms with Gasteiger partial charge in [0.05, 0.1) is 17.4 Å². The van der Waals surface area contributed by atoms with Gasteiger partial charge >= 0.3 is 12.1 Å². The third kappa shape index (κ3) is 6.43. The highest BCUT2D eigenvalue weighted by atomic mass is 32.1. The third-order valence-electron chi connectivity index (χ3n) is 5.11. The van der Waals surface area contributed by atoms with Crippen LogP contribution in [0.4, 0.5) is 24.7 Å². The maximum atomic E-state index is 12.8. The monoisotopic (exact) mass is 510 g/mol. The number of hydrogen-bond acceptors (Lipinski definition) is 9. The fraction of sp³-hybridized carbons (Fsp3) is 0.400. The Balaban J connectivity index is 0.000000429. The number of carboxylic acids is 1. The molecule has 0 radical (unpaired) electrons. The molecule has 186 valence electrons. The Morgan fingerprint density at radius 1 is 1.34 bits per heavy atom. The van der Waals surface area contributed by atoms with E-state index in [1.807, 2.05) is 6.07 Å². The molecule has 2 atom stereocenters. The molecular weight excluding hydrogens is 489 g/mol. The molecule has 1 fully saturated rings. The molecule has 0 spiro atoms. The van der Waals surface area contributed by atoms with E-state index < -0.39 is 12.1 Å². The first-order valence-electron chi connectivity index (χ1n) is 10.3. The molecule has 0 bridgehead atoms. The predicted octanol–water partition coefficient (Wildman–Crippen LogP) is 2.86. The average molecular weight is 511 g/mol. The molecule has 0 aromatic carbocycles. The number of fused-ring (bicyclic) bond motifs is 1. The Morgan fingerprint density at radius 2 is 2.03 bits per heavy atom. The van der Waals surface area contributed by atoms with Crippen LogP contribution < -0.4 is 16.4 Å². The maximum Gasteiger partial charge on any atom is 0.490 e. The number of rotatable bonds is 4. The van der Waals surface area contributed by atoms with Crippen LogP contribution in [0.2, 0.25) is 0 Å². The van der Waals surface area contributed by atoms with Gasteiger partial charge in [0.2, 0.25) is 0 Å². The lowest BCUT2D eigenvalue weighted by atomic mass is 9.91. The quantitative estimate of drug-likeness (QED) is 0.412. The molecule has 0 aliphatic heterocycles. The summed E-state index contributed by atoms with van der Waals surface area (Å²) in [5.41, 5.74) is 7.67. The molecule has 1 aliphatic rings. The smallest absolute Gasteiger partial charge is 0.475 e. The first-order valence-corrected chi connectivity index (χ1v) is 11.2. The van der Waals surface area contributed by atoms with Crippen molar-refractivity contribution in [1.29, 1.82) is 5.26 Å². The van der Waals surface area contributed by atoms with Crippen molar-refractivity contribution < 1.29 is 27.9 Å². The summed E-state index contributed by atoms with van der Waals surface area (Å²) < 4.78 is 33.2. The highest BCUT2D eigenvalue weighted by molar-refractivity contribution is 7.17. The summed E-state index contributed by atoms with van der Waals surface area (Å²) in [5.74, 6) is -2.49. The van der Waals surface area contributed by atoms with Crippen LogP contribution in [0.15, 0.2) is 17.8 Å². The number of carboxylic acid groups (broad SMARTS) is 1. The van der Waals surface area contributed by atoms with Crippen molar-refractivity contribution in [1.82, 2.24) is 19.7 Å². The van der Waals surface area contributed by atoms with E-state index in [2.05, 4.69) is 25.7 Å². The predicted molar refractivity (Wildman–Crippen MR) is 121 cm³/mol. The molecule has 1 amide bonds. The van der Waals surface area contributed by atoms with Gasteiger partial charge in [0.15, 0.2) is 5.69 Å². The van der Waals surface area contributed by atoms with Crippen molar-refractivity contribution in [3.63, 3.8) is 0 Å². The van der Waals surface area contributed by atoms with Gasteiger partial charge in [-0.1, -0.05) is 12.8 Å². The second kappa shape index (κ2) is 10.7. The van der Waals surface area contributed by atoms with Gasteiger partial charge in [-0.3, -0.25) is 9.48 Å². The molecule has 3 aromatic rings. The van der Waals surface area contributed by atoms with Gasteiger partial charge in [-0.05, 0) is 12.8 Å². The van der Waals surface area contributed by atoms with Crippen LogP contribution in [-0.2, 0) is 11.8 Å². The Labute approximate surface area is 200 Å². The molecule has 5 N–H and O–H groups in total. The summed E-state index contributed by atoms with van der Waals surface area (Å²) >= 11 is 1.35. The number of carbonyl (C=O) groups excluding carboxylic acids is 1. The number of nitriles is 1. The van der Waals surface area contributed by atoms with E-state index in [4.69, 9.17) is 20.9 Å². The molecule has 35 heavy (non-hydrogen) atoms. The van der Waals surface area contributed by atoms with Gasteiger partial charge in [0, 0.05) is 30.7 Å². The van der Waals surface area contributed by atoms with E-state index in [0.717, 1.165) is 25.7 Å². The summed E-state index contributed by atoms with van der Waals surface area (Å²) in [6.07, 6.45) is 2.46. The number of nitrogens with zero attached hydrogens (tertiary/aromatic N) is 5. The zero-order valence-corrected chi connectivity index (χ0v) is 19.2. The number of thiophene rings is 1. The lowest BCUT2D eigenvalue weighted by Crippen LogP contribution is -2.42. The van der Waals surface area contributed by atoms with Crippen molar-refractivity contribution >= 4 is 45.1 Å². The molecule has 1 saturated carbocycles. The maximum absolute atomic E-state index is 12.8. The highest BCUT2D eigenvalue weighted by Crippen LogP contribution is 2.26. The molecule has 4 rings (SSSR count). The van der Waals surface area contributed by atoms with Crippen molar-refractivity contribution in [3.8, 4) is 6.07 Å². The van der Waals surface area contributed by atoms with Crippen LogP contribution >= 0.6 is 11.3 Å². The number of amides is 1. The van der Waals surface area contributed by atoms with Crippen LogP contribution in [0.25, 0.3) is 10.3 Å². The van der Waals surface area contributed by atoms with Crippen LogP contribution in [0.1, 0.15) is 41.7 Å². The summed E-state index contributed by atoms with van der Waals surface area (Å²) in [7, 11) is 1.69. The third-order valence-corrected chi connectivity index (χ3v) is 5.98. The fourth-order valence-electron chi connectivity index (χ4n) is 3.42. The topological polar surface area (TPSA) is 172 Å². The number of aromatic nitrogens is 4. The molecule has 15 heteroatoms. The van der Waals surface area contributed by atoms with Crippen LogP contribution in [0.3, 0.4) is 0 Å². The number of nitrogens with one attached hydrogen (secondary N) is 2. The number of nitrogens with two attached hydrogens (primary N) is 1. The van der Waals surface area contributed by atoms with E-state index in [1.54, 1.807) is 24.8 Å². The Bertz CT molecular complexity index is 1270. The molecule has 3 aromatic heterocycles. The number of aliphatic carboxylic acids is 1. The fourth-order valence-corrected chi connectivity index (χ4v) is 4.25. The van der Waals surface area contributed by atoms with E-state index in [0.29, 0.717) is 27.4 Å². The summed E-state index contributed by atoms with van der Waals surface area (Å²) in [5, 5.41) is 28.1. The molecular formula is C20H21F3N8O3S. The zero-order chi connectivity index (χ0) is 25.8. The Hall–Kier alpha value is -3.77. The van der Waals surface area contributed by atoms with Gasteiger partial charge in [-0.2, -0.15) is 23.5 Å². The molecule has 1 aliphatic carbocycles. The van der Waals surface area contributed by atoms with Crippen molar-refractivity contribution in [3.05, 3.63) is 29.0 Å². The minimum absolute atomic E-state index is 0.0893. The largest absolute Gasteiger partial charge is 0.490 e. The second-order valence-electron chi connectivity index (χ2n) is 7.69. The number of alkyl halides is 3. The number of carbonyl (C=O) groups is 2. The standard InChI is InChI=1S/C18H20N8OS.C2HF3O2/c1-26-8-14(13(6-19)25-26)23-17(27)10-9-28-18-16(10)24-15(7-21-18)22-12-5-3-2-4-11(12)20;3-2(4,5)1(6)7/h7-9,11-12H,2-5,20H2,1H3,(H,22,24)(H,23,27);(H,6,7)/t11-,12+;/m0./s1. The lowest BCUT2D eigenvalue weighted by molar-refractivity contribution is -0.192. The first kappa shape index (κ1) is 25.8. The van der Waals surface area contributed by atoms with Crippen LogP contribution in [-0.4, -0.2) is 55.0 Å².